The van der Waals surface area contributed by atoms with E-state index in [1.54, 1.807) is 13.0 Å². The first-order valence-corrected chi connectivity index (χ1v) is 5.71. The standard InChI is InChI=1S/C12H13ClF2O3/c1-7-3-9(6-13)10(18-12(14)15)4-8(7)5-11(16)17-2/h3-4,12H,5-6H2,1-2H3. The highest BCUT2D eigenvalue weighted by molar-refractivity contribution is 6.17. The molecule has 1 rings (SSSR count). The van der Waals surface area contributed by atoms with Crippen LogP contribution in [0.4, 0.5) is 8.78 Å². The van der Waals surface area contributed by atoms with Gasteiger partial charge < -0.3 is 9.47 Å². The third kappa shape index (κ3) is 3.84. The Kier molecular flexibility index (Phi) is 5.34. The highest BCUT2D eigenvalue weighted by Crippen LogP contribution is 2.27. The van der Waals surface area contributed by atoms with Gasteiger partial charge in [0.15, 0.2) is 0 Å². The number of esters is 1. The van der Waals surface area contributed by atoms with E-state index >= 15 is 0 Å². The molecule has 0 bridgehead atoms. The SMILES string of the molecule is COC(=O)Cc1cc(OC(F)F)c(CCl)cc1C. The lowest BCUT2D eigenvalue weighted by Gasteiger charge is -2.13. The summed E-state index contributed by atoms with van der Waals surface area (Å²) in [6, 6.07) is 3.03. The molecule has 0 unspecified atom stereocenters. The fraction of sp³-hybridized carbons (Fsp3) is 0.417. The van der Waals surface area contributed by atoms with Crippen molar-refractivity contribution in [3.63, 3.8) is 0 Å². The molecule has 6 heteroatoms. The Morgan fingerprint density at radius 3 is 2.56 bits per heavy atom. The van der Waals surface area contributed by atoms with Gasteiger partial charge in [0.2, 0.25) is 0 Å². The van der Waals surface area contributed by atoms with Crippen LogP contribution in [0, 0.1) is 6.92 Å². The molecule has 0 saturated heterocycles. The van der Waals surface area contributed by atoms with Crippen LogP contribution in [0.25, 0.3) is 0 Å². The van der Waals surface area contributed by atoms with E-state index in [0.717, 1.165) is 5.56 Å². The minimum atomic E-state index is -2.93. The van der Waals surface area contributed by atoms with Crippen molar-refractivity contribution in [2.45, 2.75) is 25.8 Å². The van der Waals surface area contributed by atoms with E-state index in [4.69, 9.17) is 11.6 Å². The van der Waals surface area contributed by atoms with Gasteiger partial charge in [-0.3, -0.25) is 4.79 Å². The van der Waals surface area contributed by atoms with Gasteiger partial charge in [-0.25, -0.2) is 0 Å². The van der Waals surface area contributed by atoms with Crippen LogP contribution in [0.2, 0.25) is 0 Å². The number of methoxy groups -OCH3 is 1. The number of rotatable bonds is 5. The zero-order valence-electron chi connectivity index (χ0n) is 10.0. The summed E-state index contributed by atoms with van der Waals surface area (Å²) >= 11 is 5.66. The van der Waals surface area contributed by atoms with E-state index in [-0.39, 0.29) is 18.1 Å². The number of hydrogen-bond acceptors (Lipinski definition) is 3. The van der Waals surface area contributed by atoms with Crippen LogP contribution < -0.4 is 4.74 Å². The summed E-state index contributed by atoms with van der Waals surface area (Å²) in [7, 11) is 1.27. The minimum Gasteiger partial charge on any atom is -0.469 e. The van der Waals surface area contributed by atoms with Gasteiger partial charge >= 0.3 is 12.6 Å². The Labute approximate surface area is 109 Å². The van der Waals surface area contributed by atoms with Crippen molar-refractivity contribution in [2.24, 2.45) is 0 Å². The predicted octanol–water partition coefficient (Wildman–Crippen LogP) is 3.05. The predicted molar refractivity (Wildman–Crippen MR) is 63.1 cm³/mol. The number of carbonyl (C=O) groups is 1. The molecule has 0 aliphatic heterocycles. The summed E-state index contributed by atoms with van der Waals surface area (Å²) in [6.45, 7) is -1.17. The maximum absolute atomic E-state index is 12.2. The van der Waals surface area contributed by atoms with E-state index in [2.05, 4.69) is 9.47 Å². The van der Waals surface area contributed by atoms with Gasteiger partial charge in [-0.05, 0) is 24.1 Å². The smallest absolute Gasteiger partial charge is 0.387 e. The molecule has 0 N–H and O–H groups in total. The van der Waals surface area contributed by atoms with Gasteiger partial charge in [-0.1, -0.05) is 6.07 Å². The van der Waals surface area contributed by atoms with Gasteiger partial charge in [0.1, 0.15) is 5.75 Å². The molecule has 0 heterocycles. The van der Waals surface area contributed by atoms with Gasteiger partial charge in [-0.15, -0.1) is 11.6 Å². The van der Waals surface area contributed by atoms with E-state index in [1.165, 1.54) is 13.2 Å². The molecule has 100 valence electrons. The number of halogens is 3. The van der Waals surface area contributed by atoms with Crippen LogP contribution in [0.1, 0.15) is 16.7 Å². The number of hydrogen-bond donors (Lipinski definition) is 0. The molecule has 0 saturated carbocycles. The van der Waals surface area contributed by atoms with Gasteiger partial charge in [-0.2, -0.15) is 8.78 Å². The first-order chi connectivity index (χ1) is 8.47. The maximum Gasteiger partial charge on any atom is 0.387 e. The van der Waals surface area contributed by atoms with Crippen LogP contribution in [-0.2, 0) is 21.8 Å². The number of carbonyl (C=O) groups excluding carboxylic acids is 1. The number of benzene rings is 1. The Morgan fingerprint density at radius 2 is 2.06 bits per heavy atom. The molecule has 0 amide bonds. The Hall–Kier alpha value is -1.36. The average Bonchev–Trinajstić information content (AvgIpc) is 2.32. The fourth-order valence-corrected chi connectivity index (χ4v) is 1.73. The van der Waals surface area contributed by atoms with Gasteiger partial charge in [0.25, 0.3) is 0 Å². The molecule has 0 aromatic heterocycles. The second-order valence-corrected chi connectivity index (χ2v) is 3.92. The molecule has 0 aliphatic carbocycles. The van der Waals surface area contributed by atoms with Crippen molar-refractivity contribution in [3.05, 3.63) is 28.8 Å². The summed E-state index contributed by atoms with van der Waals surface area (Å²) in [5, 5.41) is 0. The largest absolute Gasteiger partial charge is 0.469 e. The fourth-order valence-electron chi connectivity index (χ4n) is 1.52. The number of ether oxygens (including phenoxy) is 2. The molecule has 1 aromatic rings. The maximum atomic E-state index is 12.2. The van der Waals surface area contributed by atoms with Crippen molar-refractivity contribution < 1.29 is 23.0 Å². The first kappa shape index (κ1) is 14.7. The van der Waals surface area contributed by atoms with Crippen molar-refractivity contribution in [1.29, 1.82) is 0 Å². The van der Waals surface area contributed by atoms with Crippen LogP contribution >= 0.6 is 11.6 Å². The van der Waals surface area contributed by atoms with E-state index < -0.39 is 12.6 Å². The van der Waals surface area contributed by atoms with Crippen molar-refractivity contribution >= 4 is 17.6 Å². The van der Waals surface area contributed by atoms with Crippen LogP contribution in [0.5, 0.6) is 5.75 Å². The monoisotopic (exact) mass is 278 g/mol. The van der Waals surface area contributed by atoms with Crippen molar-refractivity contribution in [2.75, 3.05) is 7.11 Å². The molecule has 3 nitrogen and oxygen atoms in total. The van der Waals surface area contributed by atoms with Crippen LogP contribution in [-0.4, -0.2) is 19.7 Å². The lowest BCUT2D eigenvalue weighted by molar-refractivity contribution is -0.139. The summed E-state index contributed by atoms with van der Waals surface area (Å²) in [5.74, 6) is -0.397. The van der Waals surface area contributed by atoms with Crippen LogP contribution in [0.3, 0.4) is 0 Å². The molecule has 1 aromatic carbocycles. The third-order valence-corrected chi connectivity index (χ3v) is 2.73. The molecule has 0 fully saturated rings. The molecule has 0 atom stereocenters. The Morgan fingerprint density at radius 1 is 1.39 bits per heavy atom. The lowest BCUT2D eigenvalue weighted by Crippen LogP contribution is -2.09. The third-order valence-electron chi connectivity index (χ3n) is 2.44. The molecular formula is C12H13ClF2O3. The number of alkyl halides is 3. The summed E-state index contributed by atoms with van der Waals surface area (Å²) < 4.78 is 33.4. The summed E-state index contributed by atoms with van der Waals surface area (Å²) in [6.07, 6.45) is 0.00446. The zero-order chi connectivity index (χ0) is 13.7. The lowest BCUT2D eigenvalue weighted by atomic mass is 10.0. The quantitative estimate of drug-likeness (QED) is 0.613. The molecule has 0 aliphatic rings. The molecule has 0 radical (unpaired) electrons. The highest BCUT2D eigenvalue weighted by Gasteiger charge is 2.14. The Balaban J connectivity index is 3.08. The van der Waals surface area contributed by atoms with Crippen LogP contribution in [0.15, 0.2) is 12.1 Å². The zero-order valence-corrected chi connectivity index (χ0v) is 10.8. The second kappa shape index (κ2) is 6.54. The topological polar surface area (TPSA) is 35.5 Å². The molecular weight excluding hydrogens is 266 g/mol. The minimum absolute atomic E-state index is 0.00446. The molecule has 0 spiro atoms. The van der Waals surface area contributed by atoms with Crippen molar-refractivity contribution in [3.8, 4) is 5.75 Å². The highest BCUT2D eigenvalue weighted by atomic mass is 35.5. The van der Waals surface area contributed by atoms with Gasteiger partial charge in [0, 0.05) is 5.56 Å². The van der Waals surface area contributed by atoms with Crippen molar-refractivity contribution in [1.82, 2.24) is 0 Å². The van der Waals surface area contributed by atoms with E-state index in [0.29, 0.717) is 11.1 Å². The Bertz CT molecular complexity index is 436. The first-order valence-electron chi connectivity index (χ1n) is 5.18. The van der Waals surface area contributed by atoms with E-state index in [1.807, 2.05) is 0 Å². The summed E-state index contributed by atoms with van der Waals surface area (Å²) in [5.41, 5.74) is 1.81. The van der Waals surface area contributed by atoms with Gasteiger partial charge in [0.05, 0.1) is 19.4 Å². The summed E-state index contributed by atoms with van der Waals surface area (Å²) in [4.78, 5) is 11.2. The average molecular weight is 279 g/mol. The second-order valence-electron chi connectivity index (χ2n) is 3.65. The normalized spacial score (nSPS) is 10.6. The molecule has 18 heavy (non-hydrogen) atoms. The van der Waals surface area contributed by atoms with E-state index in [9.17, 15) is 13.6 Å². The number of aryl methyl sites for hydroxylation is 1.